The first-order valence-electron chi connectivity index (χ1n) is 4.27. The van der Waals surface area contributed by atoms with Gasteiger partial charge in [0.15, 0.2) is 0 Å². The van der Waals surface area contributed by atoms with E-state index in [-0.39, 0.29) is 5.70 Å². The molecule has 0 aromatic heterocycles. The number of aliphatic hydroxyl groups excluding tert-OH is 1. The van der Waals surface area contributed by atoms with Crippen molar-refractivity contribution in [2.24, 2.45) is 0 Å². The van der Waals surface area contributed by atoms with E-state index >= 15 is 0 Å². The highest BCUT2D eigenvalue weighted by atomic mass is 19.4. The summed E-state index contributed by atoms with van der Waals surface area (Å²) in [5.41, 5.74) is -0.662. The van der Waals surface area contributed by atoms with Crippen molar-refractivity contribution in [2.45, 2.75) is 32.5 Å². The van der Waals surface area contributed by atoms with E-state index in [1.165, 1.54) is 0 Å². The van der Waals surface area contributed by atoms with E-state index in [0.717, 1.165) is 0 Å². The van der Waals surface area contributed by atoms with Crippen LogP contribution >= 0.6 is 0 Å². The quantitative estimate of drug-likeness (QED) is 0.713. The van der Waals surface area contributed by atoms with Crippen molar-refractivity contribution >= 4 is 5.78 Å². The molecular weight excluding hydrogens is 211 g/mol. The van der Waals surface area contributed by atoms with Gasteiger partial charge >= 0.3 is 6.18 Å². The Balaban J connectivity index is 4.69. The third kappa shape index (κ3) is 6.11. The lowest BCUT2D eigenvalue weighted by molar-refractivity contribution is -0.165. The number of carbonyl (C=O) groups is 1. The second kappa shape index (κ2) is 4.65. The predicted molar refractivity (Wildman–Crippen MR) is 49.1 cm³/mol. The Hall–Kier alpha value is -1.04. The molecule has 0 fully saturated rings. The Bertz CT molecular complexity index is 264. The van der Waals surface area contributed by atoms with Crippen LogP contribution in [0.4, 0.5) is 13.2 Å². The number of rotatable bonds is 3. The van der Waals surface area contributed by atoms with Crippen LogP contribution < -0.4 is 5.32 Å². The highest BCUT2D eigenvalue weighted by molar-refractivity contribution is 5.94. The van der Waals surface area contributed by atoms with Gasteiger partial charge in [-0.3, -0.25) is 4.79 Å². The second-order valence-electron chi connectivity index (χ2n) is 4.06. The molecule has 0 aliphatic rings. The number of ketones is 1. The molecule has 0 aliphatic carbocycles. The maximum atomic E-state index is 11.9. The van der Waals surface area contributed by atoms with Gasteiger partial charge in [0.2, 0.25) is 0 Å². The first kappa shape index (κ1) is 14.0. The zero-order valence-corrected chi connectivity index (χ0v) is 8.77. The van der Waals surface area contributed by atoms with E-state index in [9.17, 15) is 18.0 Å². The molecule has 0 aromatic rings. The Morgan fingerprint density at radius 1 is 1.33 bits per heavy atom. The third-order valence-electron chi connectivity index (χ3n) is 1.29. The molecule has 0 aliphatic heterocycles. The first-order chi connectivity index (χ1) is 6.56. The van der Waals surface area contributed by atoms with Crippen molar-refractivity contribution in [2.75, 3.05) is 6.61 Å². The van der Waals surface area contributed by atoms with Crippen molar-refractivity contribution < 1.29 is 23.1 Å². The Kier molecular flexibility index (Phi) is 4.33. The van der Waals surface area contributed by atoms with Gasteiger partial charge in [-0.1, -0.05) is 0 Å². The lowest BCUT2D eigenvalue weighted by atomic mass is 10.1. The van der Waals surface area contributed by atoms with Gasteiger partial charge in [0, 0.05) is 17.3 Å². The highest BCUT2D eigenvalue weighted by Crippen LogP contribution is 2.17. The van der Waals surface area contributed by atoms with Gasteiger partial charge in [0.1, 0.15) is 0 Å². The fraction of sp³-hybridized carbons (Fsp3) is 0.667. The molecular formula is C9H14F3NO2. The second-order valence-corrected chi connectivity index (χ2v) is 4.06. The summed E-state index contributed by atoms with van der Waals surface area (Å²) in [6, 6.07) is 0. The molecule has 0 rings (SSSR count). The minimum atomic E-state index is -4.90. The number of nitrogens with one attached hydrogen (secondary N) is 1. The van der Waals surface area contributed by atoms with Gasteiger partial charge in [-0.05, 0) is 20.8 Å². The van der Waals surface area contributed by atoms with Crippen LogP contribution in [0, 0.1) is 0 Å². The van der Waals surface area contributed by atoms with E-state index in [1.54, 1.807) is 20.8 Å². The molecule has 0 unspecified atom stereocenters. The summed E-state index contributed by atoms with van der Waals surface area (Å²) in [6.45, 7) is 4.47. The molecule has 0 saturated carbocycles. The van der Waals surface area contributed by atoms with E-state index in [0.29, 0.717) is 6.08 Å². The number of carbonyl (C=O) groups excluding carboxylic acids is 1. The number of hydrogen-bond donors (Lipinski definition) is 2. The van der Waals surface area contributed by atoms with Crippen LogP contribution in [0.15, 0.2) is 11.8 Å². The summed E-state index contributed by atoms with van der Waals surface area (Å²) in [5.74, 6) is -1.98. The molecule has 6 heteroatoms. The summed E-state index contributed by atoms with van der Waals surface area (Å²) in [7, 11) is 0. The highest BCUT2D eigenvalue weighted by Gasteiger charge is 2.36. The summed E-state index contributed by atoms with van der Waals surface area (Å²) in [6.07, 6.45) is -4.54. The summed E-state index contributed by atoms with van der Waals surface area (Å²) >= 11 is 0. The smallest absolute Gasteiger partial charge is 0.390 e. The molecule has 0 heterocycles. The topological polar surface area (TPSA) is 49.3 Å². The molecule has 0 aromatic carbocycles. The largest absolute Gasteiger partial charge is 0.454 e. The summed E-state index contributed by atoms with van der Waals surface area (Å²) in [4.78, 5) is 10.6. The number of hydrogen-bond acceptors (Lipinski definition) is 3. The first-order valence-corrected chi connectivity index (χ1v) is 4.27. The molecule has 0 saturated heterocycles. The van der Waals surface area contributed by atoms with Crippen LogP contribution in [0.2, 0.25) is 0 Å². The number of alkyl halides is 3. The predicted octanol–water partition coefficient (Wildman–Crippen LogP) is 1.38. The van der Waals surface area contributed by atoms with Crippen molar-refractivity contribution in [3.05, 3.63) is 11.8 Å². The number of aliphatic hydroxyl groups is 1. The lowest BCUT2D eigenvalue weighted by Gasteiger charge is -2.23. The average Bonchev–Trinajstić information content (AvgIpc) is 1.98. The Labute approximate surface area is 86.0 Å². The molecule has 0 spiro atoms. The molecule has 3 nitrogen and oxygen atoms in total. The standard InChI is InChI=1S/C9H14F3NO2/c1-8(2,3)13-6(5-14)4-7(15)9(10,11)12/h4,13-14H,5H2,1-3H3/b6-4-. The van der Waals surface area contributed by atoms with Gasteiger partial charge in [0.25, 0.3) is 5.78 Å². The van der Waals surface area contributed by atoms with Gasteiger partial charge < -0.3 is 10.4 Å². The Morgan fingerprint density at radius 2 is 1.80 bits per heavy atom. The van der Waals surface area contributed by atoms with Crippen LogP contribution in [0.1, 0.15) is 20.8 Å². The van der Waals surface area contributed by atoms with Gasteiger partial charge in [-0.2, -0.15) is 13.2 Å². The Morgan fingerprint density at radius 3 is 2.07 bits per heavy atom. The summed E-state index contributed by atoms with van der Waals surface area (Å²) < 4.78 is 35.6. The van der Waals surface area contributed by atoms with Gasteiger partial charge in [-0.25, -0.2) is 0 Å². The van der Waals surface area contributed by atoms with Gasteiger partial charge in [0.05, 0.1) is 6.61 Å². The van der Waals surface area contributed by atoms with Crippen molar-refractivity contribution in [1.29, 1.82) is 0 Å². The minimum absolute atomic E-state index is 0.148. The van der Waals surface area contributed by atoms with Crippen molar-refractivity contribution in [3.63, 3.8) is 0 Å². The average molecular weight is 225 g/mol. The van der Waals surface area contributed by atoms with Crippen LogP contribution in [0.25, 0.3) is 0 Å². The fourth-order valence-corrected chi connectivity index (χ4v) is 0.843. The van der Waals surface area contributed by atoms with Crippen molar-refractivity contribution in [1.82, 2.24) is 5.32 Å². The van der Waals surface area contributed by atoms with Gasteiger partial charge in [-0.15, -0.1) is 0 Å². The zero-order valence-electron chi connectivity index (χ0n) is 8.77. The van der Waals surface area contributed by atoms with E-state index < -0.39 is 24.1 Å². The van der Waals surface area contributed by atoms with Crippen LogP contribution in [0.5, 0.6) is 0 Å². The van der Waals surface area contributed by atoms with Crippen LogP contribution in [0.3, 0.4) is 0 Å². The van der Waals surface area contributed by atoms with Crippen LogP contribution in [-0.2, 0) is 4.79 Å². The number of allylic oxidation sites excluding steroid dienone is 1. The third-order valence-corrected chi connectivity index (χ3v) is 1.29. The number of halogens is 3. The molecule has 0 atom stereocenters. The lowest BCUT2D eigenvalue weighted by Crippen LogP contribution is -2.37. The molecule has 15 heavy (non-hydrogen) atoms. The molecule has 0 radical (unpaired) electrons. The normalized spacial score (nSPS) is 13.9. The zero-order chi connectivity index (χ0) is 12.3. The van der Waals surface area contributed by atoms with Crippen molar-refractivity contribution in [3.8, 4) is 0 Å². The maximum absolute atomic E-state index is 11.9. The fourth-order valence-electron chi connectivity index (χ4n) is 0.843. The SMILES string of the molecule is CC(C)(C)N/C(=C\C(=O)C(F)(F)F)CO. The minimum Gasteiger partial charge on any atom is -0.390 e. The maximum Gasteiger partial charge on any atom is 0.454 e. The molecule has 88 valence electrons. The van der Waals surface area contributed by atoms with E-state index in [1.807, 2.05) is 0 Å². The molecule has 0 amide bonds. The van der Waals surface area contributed by atoms with E-state index in [4.69, 9.17) is 5.11 Å². The monoisotopic (exact) mass is 225 g/mol. The molecule has 2 N–H and O–H groups in total. The molecule has 0 bridgehead atoms. The van der Waals surface area contributed by atoms with E-state index in [2.05, 4.69) is 5.32 Å². The van der Waals surface area contributed by atoms with Crippen LogP contribution in [-0.4, -0.2) is 29.2 Å². The summed E-state index contributed by atoms with van der Waals surface area (Å²) in [5, 5.41) is 11.4.